The Morgan fingerprint density at radius 1 is 1.32 bits per heavy atom. The van der Waals surface area contributed by atoms with Crippen LogP contribution in [-0.2, 0) is 0 Å². The summed E-state index contributed by atoms with van der Waals surface area (Å²) in [5, 5.41) is 0.642. The van der Waals surface area contributed by atoms with Crippen LogP contribution < -0.4 is 20.7 Å². The molecule has 100 valence electrons. The molecule has 0 spiro atoms. The monoisotopic (exact) mass is 280 g/mol. The van der Waals surface area contributed by atoms with Crippen LogP contribution >= 0.6 is 11.6 Å². The molecule has 0 fully saturated rings. The molecule has 0 saturated heterocycles. The van der Waals surface area contributed by atoms with E-state index in [4.69, 9.17) is 26.9 Å². The number of anilines is 1. The molecule has 7 heteroatoms. The average molecular weight is 281 g/mol. The molecule has 19 heavy (non-hydrogen) atoms. The van der Waals surface area contributed by atoms with E-state index in [0.29, 0.717) is 22.3 Å². The van der Waals surface area contributed by atoms with E-state index in [2.05, 4.69) is 15.4 Å². The van der Waals surface area contributed by atoms with Crippen LogP contribution in [0, 0.1) is 6.92 Å². The van der Waals surface area contributed by atoms with Gasteiger partial charge in [0.05, 0.1) is 7.11 Å². The lowest BCUT2D eigenvalue weighted by atomic mass is 10.2. The number of hydrazine groups is 1. The first-order valence-corrected chi connectivity index (χ1v) is 5.83. The van der Waals surface area contributed by atoms with E-state index in [0.717, 1.165) is 5.56 Å². The van der Waals surface area contributed by atoms with Crippen LogP contribution in [0.5, 0.6) is 17.4 Å². The number of ether oxygens (including phenoxy) is 2. The maximum atomic E-state index is 5.89. The van der Waals surface area contributed by atoms with Crippen LogP contribution in [0.25, 0.3) is 0 Å². The Hall–Kier alpha value is -2.05. The largest absolute Gasteiger partial charge is 0.489 e. The van der Waals surface area contributed by atoms with Crippen molar-refractivity contribution in [2.45, 2.75) is 6.92 Å². The molecule has 0 amide bonds. The highest BCUT2D eigenvalue weighted by Crippen LogP contribution is 2.35. The Morgan fingerprint density at radius 3 is 2.74 bits per heavy atom. The molecule has 0 saturated carbocycles. The number of nitrogen functional groups attached to an aromatic ring is 1. The molecule has 0 aliphatic carbocycles. The van der Waals surface area contributed by atoms with Crippen molar-refractivity contribution in [2.75, 3.05) is 12.5 Å². The number of nitrogens with one attached hydrogen (secondary N) is 1. The van der Waals surface area contributed by atoms with Gasteiger partial charge in [0, 0.05) is 5.02 Å². The normalized spacial score (nSPS) is 10.1. The Bertz CT molecular complexity index is 592. The summed E-state index contributed by atoms with van der Waals surface area (Å²) < 4.78 is 10.9. The lowest BCUT2D eigenvalue weighted by Crippen LogP contribution is -2.11. The maximum absolute atomic E-state index is 5.89. The van der Waals surface area contributed by atoms with Crippen LogP contribution in [-0.4, -0.2) is 17.1 Å². The Labute approximate surface area is 115 Å². The highest BCUT2D eigenvalue weighted by Gasteiger charge is 2.14. The first-order valence-electron chi connectivity index (χ1n) is 5.45. The number of aryl methyl sites for hydroxylation is 1. The number of hydrogen-bond donors (Lipinski definition) is 2. The quantitative estimate of drug-likeness (QED) is 0.661. The SMILES string of the molecule is COc1c(NN)ncnc1Oc1ccc(Cl)cc1C. The van der Waals surface area contributed by atoms with Gasteiger partial charge >= 0.3 is 0 Å². The van der Waals surface area contributed by atoms with Crippen molar-refractivity contribution in [3.63, 3.8) is 0 Å². The number of nitrogens with two attached hydrogens (primary N) is 1. The van der Waals surface area contributed by atoms with Crippen LogP contribution in [0.2, 0.25) is 5.02 Å². The summed E-state index contributed by atoms with van der Waals surface area (Å²) in [6, 6.07) is 5.29. The molecule has 0 unspecified atom stereocenters. The standard InChI is InChI=1S/C12H13ClN4O2/c1-7-5-8(13)3-4-9(7)19-12-10(18-2)11(17-14)15-6-16-12/h3-6H,14H2,1-2H3,(H,15,16,17). The van der Waals surface area contributed by atoms with Gasteiger partial charge in [0.25, 0.3) is 5.88 Å². The number of hydrogen-bond acceptors (Lipinski definition) is 6. The molecular formula is C12H13ClN4O2. The summed E-state index contributed by atoms with van der Waals surface area (Å²) in [5.41, 5.74) is 3.30. The summed E-state index contributed by atoms with van der Waals surface area (Å²) in [7, 11) is 1.49. The van der Waals surface area contributed by atoms with E-state index in [1.165, 1.54) is 13.4 Å². The van der Waals surface area contributed by atoms with Crippen LogP contribution in [0.1, 0.15) is 5.56 Å². The highest BCUT2D eigenvalue weighted by molar-refractivity contribution is 6.30. The zero-order chi connectivity index (χ0) is 13.8. The fourth-order valence-corrected chi connectivity index (χ4v) is 1.78. The van der Waals surface area contributed by atoms with Gasteiger partial charge in [0.2, 0.25) is 5.75 Å². The van der Waals surface area contributed by atoms with Crippen molar-refractivity contribution in [2.24, 2.45) is 5.84 Å². The minimum absolute atomic E-state index is 0.274. The van der Waals surface area contributed by atoms with Gasteiger partial charge in [-0.25, -0.2) is 10.8 Å². The molecule has 2 aromatic rings. The average Bonchev–Trinajstić information content (AvgIpc) is 2.41. The van der Waals surface area contributed by atoms with Crippen molar-refractivity contribution in [1.82, 2.24) is 9.97 Å². The van der Waals surface area contributed by atoms with E-state index in [1.807, 2.05) is 6.92 Å². The van der Waals surface area contributed by atoms with Gasteiger partial charge in [0.15, 0.2) is 5.82 Å². The molecule has 0 radical (unpaired) electrons. The van der Waals surface area contributed by atoms with E-state index in [9.17, 15) is 0 Å². The van der Waals surface area contributed by atoms with E-state index >= 15 is 0 Å². The Morgan fingerprint density at radius 2 is 2.11 bits per heavy atom. The molecule has 0 aliphatic rings. The summed E-state index contributed by atoms with van der Waals surface area (Å²) in [6.07, 6.45) is 1.33. The Balaban J connectivity index is 2.37. The van der Waals surface area contributed by atoms with Crippen molar-refractivity contribution in [1.29, 1.82) is 0 Å². The van der Waals surface area contributed by atoms with Crippen LogP contribution in [0.15, 0.2) is 24.5 Å². The van der Waals surface area contributed by atoms with E-state index in [-0.39, 0.29) is 5.88 Å². The number of nitrogens with zero attached hydrogens (tertiary/aromatic N) is 2. The minimum atomic E-state index is 0.274. The molecule has 0 bridgehead atoms. The molecule has 1 aromatic heterocycles. The van der Waals surface area contributed by atoms with Crippen molar-refractivity contribution < 1.29 is 9.47 Å². The topological polar surface area (TPSA) is 82.3 Å². The van der Waals surface area contributed by atoms with E-state index < -0.39 is 0 Å². The second-order valence-corrected chi connectivity index (χ2v) is 4.15. The van der Waals surface area contributed by atoms with Gasteiger partial charge in [-0.3, -0.25) is 0 Å². The number of rotatable bonds is 4. The van der Waals surface area contributed by atoms with Crippen molar-refractivity contribution >= 4 is 17.4 Å². The molecule has 3 N–H and O–H groups in total. The molecule has 0 aliphatic heterocycles. The fraction of sp³-hybridized carbons (Fsp3) is 0.167. The number of aromatic nitrogens is 2. The summed E-state index contributed by atoms with van der Waals surface area (Å²) in [5.74, 6) is 6.93. The second-order valence-electron chi connectivity index (χ2n) is 3.72. The smallest absolute Gasteiger partial charge is 0.268 e. The number of methoxy groups -OCH3 is 1. The molecular weight excluding hydrogens is 268 g/mol. The van der Waals surface area contributed by atoms with Gasteiger partial charge in [-0.15, -0.1) is 0 Å². The molecule has 6 nitrogen and oxygen atoms in total. The van der Waals surface area contributed by atoms with Crippen molar-refractivity contribution in [3.05, 3.63) is 35.1 Å². The molecule has 1 aromatic carbocycles. The zero-order valence-electron chi connectivity index (χ0n) is 10.5. The molecule has 1 heterocycles. The van der Waals surface area contributed by atoms with Gasteiger partial charge in [0.1, 0.15) is 12.1 Å². The predicted molar refractivity (Wildman–Crippen MR) is 72.7 cm³/mol. The fourth-order valence-electron chi connectivity index (χ4n) is 1.55. The van der Waals surface area contributed by atoms with Gasteiger partial charge in [-0.2, -0.15) is 4.98 Å². The summed E-state index contributed by atoms with van der Waals surface area (Å²) in [6.45, 7) is 1.89. The Kier molecular flexibility index (Phi) is 4.03. The lowest BCUT2D eigenvalue weighted by Gasteiger charge is -2.12. The maximum Gasteiger partial charge on any atom is 0.268 e. The van der Waals surface area contributed by atoms with Gasteiger partial charge in [-0.05, 0) is 30.7 Å². The van der Waals surface area contributed by atoms with E-state index in [1.54, 1.807) is 18.2 Å². The minimum Gasteiger partial charge on any atom is -0.489 e. The lowest BCUT2D eigenvalue weighted by molar-refractivity contribution is 0.368. The molecule has 0 atom stereocenters. The second kappa shape index (κ2) is 5.73. The number of halogens is 1. The molecule has 2 rings (SSSR count). The number of benzene rings is 1. The predicted octanol–water partition coefficient (Wildman–Crippen LogP) is 2.52. The first-order chi connectivity index (χ1) is 9.15. The van der Waals surface area contributed by atoms with Crippen LogP contribution in [0.4, 0.5) is 5.82 Å². The first kappa shape index (κ1) is 13.4. The van der Waals surface area contributed by atoms with Crippen molar-refractivity contribution in [3.8, 4) is 17.4 Å². The van der Waals surface area contributed by atoms with Gasteiger partial charge in [-0.1, -0.05) is 11.6 Å². The summed E-state index contributed by atoms with van der Waals surface area (Å²) in [4.78, 5) is 7.96. The highest BCUT2D eigenvalue weighted by atomic mass is 35.5. The van der Waals surface area contributed by atoms with Gasteiger partial charge < -0.3 is 14.9 Å². The third-order valence-electron chi connectivity index (χ3n) is 2.46. The summed E-state index contributed by atoms with van der Waals surface area (Å²) >= 11 is 5.89. The van der Waals surface area contributed by atoms with Crippen LogP contribution in [0.3, 0.4) is 0 Å². The third kappa shape index (κ3) is 2.86. The third-order valence-corrected chi connectivity index (χ3v) is 2.69. The zero-order valence-corrected chi connectivity index (χ0v) is 11.2.